The molecule has 1 amide bonds. The fraction of sp³-hybridized carbons (Fsp3) is 0.667. The molecule has 134 valence electrons. The van der Waals surface area contributed by atoms with E-state index >= 15 is 0 Å². The van der Waals surface area contributed by atoms with Crippen LogP contribution < -0.4 is 10.6 Å². The molecule has 1 heterocycles. The maximum absolute atomic E-state index is 12.6. The first-order chi connectivity index (χ1) is 11.6. The number of aliphatic imine (C=N–C) groups is 1. The molecule has 0 atom stereocenters. The fourth-order valence-electron chi connectivity index (χ4n) is 3.30. The topological polar surface area (TPSA) is 69.9 Å². The van der Waals surface area contributed by atoms with Crippen molar-refractivity contribution in [3.05, 3.63) is 24.2 Å². The van der Waals surface area contributed by atoms with Crippen LogP contribution in [0.3, 0.4) is 0 Å². The van der Waals surface area contributed by atoms with Crippen LogP contribution in [0, 0.1) is 5.41 Å². The van der Waals surface area contributed by atoms with Gasteiger partial charge in [0.2, 0.25) is 5.91 Å². The average Bonchev–Trinajstić information content (AvgIpc) is 3.24. The molecule has 1 fully saturated rings. The van der Waals surface area contributed by atoms with Gasteiger partial charge in [0.1, 0.15) is 5.76 Å². The van der Waals surface area contributed by atoms with Gasteiger partial charge in [-0.1, -0.05) is 12.8 Å². The van der Waals surface area contributed by atoms with Crippen LogP contribution in [0.1, 0.15) is 38.4 Å². The number of nitrogens with zero attached hydrogens (tertiary/aromatic N) is 2. The Labute approximate surface area is 144 Å². The zero-order valence-electron chi connectivity index (χ0n) is 15.1. The highest BCUT2D eigenvalue weighted by Gasteiger charge is 2.41. The Morgan fingerprint density at radius 1 is 1.33 bits per heavy atom. The van der Waals surface area contributed by atoms with Crippen molar-refractivity contribution < 1.29 is 9.21 Å². The van der Waals surface area contributed by atoms with Crippen LogP contribution >= 0.6 is 0 Å². The SMILES string of the molecule is CCNC(=NCC1(C(=O)N(C)C)CCCC1)NCCc1ccco1. The summed E-state index contributed by atoms with van der Waals surface area (Å²) in [4.78, 5) is 19.0. The Balaban J connectivity index is 1.96. The normalized spacial score (nSPS) is 16.9. The first-order valence-corrected chi connectivity index (χ1v) is 8.84. The maximum Gasteiger partial charge on any atom is 0.230 e. The second-order valence-corrected chi connectivity index (χ2v) is 6.64. The van der Waals surface area contributed by atoms with Crippen LogP contribution in [-0.4, -0.2) is 50.5 Å². The molecule has 0 saturated heterocycles. The lowest BCUT2D eigenvalue weighted by Gasteiger charge is -2.29. The minimum Gasteiger partial charge on any atom is -0.469 e. The summed E-state index contributed by atoms with van der Waals surface area (Å²) in [6, 6.07) is 3.86. The predicted molar refractivity (Wildman–Crippen MR) is 96.0 cm³/mol. The Kier molecular flexibility index (Phi) is 6.70. The Bertz CT molecular complexity index is 531. The molecule has 24 heavy (non-hydrogen) atoms. The van der Waals surface area contributed by atoms with Gasteiger partial charge in [0.05, 0.1) is 18.2 Å². The van der Waals surface area contributed by atoms with E-state index in [1.165, 1.54) is 0 Å². The highest BCUT2D eigenvalue weighted by molar-refractivity contribution is 5.84. The molecule has 1 aliphatic carbocycles. The van der Waals surface area contributed by atoms with E-state index in [2.05, 4.69) is 10.6 Å². The Morgan fingerprint density at radius 2 is 2.08 bits per heavy atom. The van der Waals surface area contributed by atoms with Gasteiger partial charge < -0.3 is 20.0 Å². The van der Waals surface area contributed by atoms with Crippen LogP contribution in [0.2, 0.25) is 0 Å². The minimum atomic E-state index is -0.327. The summed E-state index contributed by atoms with van der Waals surface area (Å²) < 4.78 is 5.34. The number of carbonyl (C=O) groups excluding carboxylic acids is 1. The van der Waals surface area contributed by atoms with Gasteiger partial charge in [0.25, 0.3) is 0 Å². The van der Waals surface area contributed by atoms with E-state index in [-0.39, 0.29) is 11.3 Å². The van der Waals surface area contributed by atoms with Crippen molar-refractivity contribution in [1.82, 2.24) is 15.5 Å². The van der Waals surface area contributed by atoms with E-state index < -0.39 is 0 Å². The van der Waals surface area contributed by atoms with Crippen LogP contribution in [-0.2, 0) is 11.2 Å². The first-order valence-electron chi connectivity index (χ1n) is 8.84. The number of amides is 1. The van der Waals surface area contributed by atoms with E-state index in [0.717, 1.165) is 56.9 Å². The molecule has 1 aromatic heterocycles. The number of carbonyl (C=O) groups is 1. The third kappa shape index (κ3) is 4.76. The van der Waals surface area contributed by atoms with Crippen molar-refractivity contribution in [2.45, 2.75) is 39.0 Å². The van der Waals surface area contributed by atoms with Crippen molar-refractivity contribution >= 4 is 11.9 Å². The molecule has 1 aromatic rings. The van der Waals surface area contributed by atoms with Gasteiger partial charge >= 0.3 is 0 Å². The first kappa shape index (κ1) is 18.4. The highest BCUT2D eigenvalue weighted by atomic mass is 16.3. The molecule has 0 unspecified atom stereocenters. The third-order valence-corrected chi connectivity index (χ3v) is 4.55. The smallest absolute Gasteiger partial charge is 0.230 e. The lowest BCUT2D eigenvalue weighted by molar-refractivity contribution is -0.138. The van der Waals surface area contributed by atoms with E-state index in [4.69, 9.17) is 9.41 Å². The number of furan rings is 1. The Morgan fingerprint density at radius 3 is 2.67 bits per heavy atom. The lowest BCUT2D eigenvalue weighted by atomic mass is 9.85. The number of nitrogens with one attached hydrogen (secondary N) is 2. The zero-order chi connectivity index (χ0) is 17.4. The maximum atomic E-state index is 12.6. The molecule has 1 aliphatic rings. The Hall–Kier alpha value is -1.98. The van der Waals surface area contributed by atoms with Crippen LogP contribution in [0.25, 0.3) is 0 Å². The number of rotatable bonds is 7. The fourth-order valence-corrected chi connectivity index (χ4v) is 3.30. The van der Waals surface area contributed by atoms with Crippen LogP contribution in [0.4, 0.5) is 0 Å². The molecular formula is C18H30N4O2. The quantitative estimate of drug-likeness (QED) is 0.591. The standard InChI is InChI=1S/C18H30N4O2/c1-4-19-17(20-12-9-15-8-7-13-24-15)21-14-18(10-5-6-11-18)16(23)22(2)3/h7-8,13H,4-6,9-12,14H2,1-3H3,(H2,19,20,21). The van der Waals surface area contributed by atoms with E-state index in [1.54, 1.807) is 11.2 Å². The van der Waals surface area contributed by atoms with Crippen LogP contribution in [0.15, 0.2) is 27.8 Å². The molecule has 0 bridgehead atoms. The summed E-state index contributed by atoms with van der Waals surface area (Å²) in [7, 11) is 3.66. The molecule has 2 N–H and O–H groups in total. The number of guanidine groups is 1. The monoisotopic (exact) mass is 334 g/mol. The second kappa shape index (κ2) is 8.76. The minimum absolute atomic E-state index is 0.204. The average molecular weight is 334 g/mol. The molecule has 0 aliphatic heterocycles. The summed E-state index contributed by atoms with van der Waals surface area (Å²) in [5.74, 6) is 1.92. The molecule has 1 saturated carbocycles. The van der Waals surface area contributed by atoms with Crippen molar-refractivity contribution in [1.29, 1.82) is 0 Å². The molecule has 6 nitrogen and oxygen atoms in total. The van der Waals surface area contributed by atoms with Crippen molar-refractivity contribution in [3.63, 3.8) is 0 Å². The van der Waals surface area contributed by atoms with Gasteiger partial charge in [-0.25, -0.2) is 0 Å². The van der Waals surface area contributed by atoms with E-state index in [9.17, 15) is 4.79 Å². The highest BCUT2D eigenvalue weighted by Crippen LogP contribution is 2.39. The summed E-state index contributed by atoms with van der Waals surface area (Å²) in [6.45, 7) is 4.12. The van der Waals surface area contributed by atoms with Gasteiger partial charge in [-0.3, -0.25) is 9.79 Å². The molecule has 0 spiro atoms. The lowest BCUT2D eigenvalue weighted by Crippen LogP contribution is -2.43. The van der Waals surface area contributed by atoms with E-state index in [0.29, 0.717) is 6.54 Å². The van der Waals surface area contributed by atoms with E-state index in [1.807, 2.05) is 33.2 Å². The van der Waals surface area contributed by atoms with Crippen molar-refractivity contribution in [2.24, 2.45) is 10.4 Å². The van der Waals surface area contributed by atoms with Crippen molar-refractivity contribution in [2.75, 3.05) is 33.7 Å². The van der Waals surface area contributed by atoms with Gasteiger partial charge in [0.15, 0.2) is 5.96 Å². The zero-order valence-corrected chi connectivity index (χ0v) is 15.1. The summed E-state index contributed by atoms with van der Waals surface area (Å²) in [5, 5.41) is 6.58. The molecule has 0 radical (unpaired) electrons. The van der Waals surface area contributed by atoms with Crippen molar-refractivity contribution in [3.8, 4) is 0 Å². The second-order valence-electron chi connectivity index (χ2n) is 6.64. The van der Waals surface area contributed by atoms with Gasteiger partial charge in [-0.05, 0) is 31.9 Å². The summed E-state index contributed by atoms with van der Waals surface area (Å²) >= 11 is 0. The van der Waals surface area contributed by atoms with Gasteiger partial charge in [0, 0.05) is 33.6 Å². The number of hydrogen-bond donors (Lipinski definition) is 2. The molecule has 2 rings (SSSR count). The summed E-state index contributed by atoms with van der Waals surface area (Å²) in [5.41, 5.74) is -0.327. The largest absolute Gasteiger partial charge is 0.469 e. The molecule has 0 aromatic carbocycles. The molecular weight excluding hydrogens is 304 g/mol. The van der Waals surface area contributed by atoms with Gasteiger partial charge in [-0.15, -0.1) is 0 Å². The predicted octanol–water partition coefficient (Wildman–Crippen LogP) is 2.03. The molecule has 6 heteroatoms. The third-order valence-electron chi connectivity index (χ3n) is 4.55. The van der Waals surface area contributed by atoms with Gasteiger partial charge in [-0.2, -0.15) is 0 Å². The summed E-state index contributed by atoms with van der Waals surface area (Å²) in [6.07, 6.45) is 6.57. The van der Waals surface area contributed by atoms with Crippen LogP contribution in [0.5, 0.6) is 0 Å². The number of hydrogen-bond acceptors (Lipinski definition) is 3.